The van der Waals surface area contributed by atoms with E-state index < -0.39 is 0 Å². The average Bonchev–Trinajstić information content (AvgIpc) is 3.34. The number of carbonyl (C=O) groups is 1. The number of aromatic nitrogens is 4. The van der Waals surface area contributed by atoms with Gasteiger partial charge in [0.15, 0.2) is 5.65 Å². The maximum Gasteiger partial charge on any atom is 0.220 e. The van der Waals surface area contributed by atoms with Crippen LogP contribution in [-0.2, 0) is 17.8 Å². The van der Waals surface area contributed by atoms with E-state index >= 15 is 0 Å². The highest BCUT2D eigenvalue weighted by molar-refractivity contribution is 5.76. The van der Waals surface area contributed by atoms with Crippen molar-refractivity contribution in [2.75, 3.05) is 6.54 Å². The van der Waals surface area contributed by atoms with Crippen molar-refractivity contribution in [3.05, 3.63) is 58.8 Å². The molecule has 3 aromatic rings. The third-order valence-corrected chi connectivity index (χ3v) is 6.05. The second-order valence-corrected chi connectivity index (χ2v) is 8.81. The first kappa shape index (κ1) is 21.4. The quantitative estimate of drug-likeness (QED) is 0.633. The van der Waals surface area contributed by atoms with Crippen molar-refractivity contribution >= 4 is 11.6 Å². The van der Waals surface area contributed by atoms with Gasteiger partial charge in [-0.25, -0.2) is 9.50 Å². The van der Waals surface area contributed by atoms with Gasteiger partial charge in [0.1, 0.15) is 0 Å². The smallest absolute Gasteiger partial charge is 0.220 e. The number of hydrogen-bond donors (Lipinski definition) is 1. The largest absolute Gasteiger partial charge is 0.354 e. The summed E-state index contributed by atoms with van der Waals surface area (Å²) in [5.74, 6) is 0.0760. The van der Waals surface area contributed by atoms with E-state index in [4.69, 9.17) is 10.1 Å². The molecule has 0 unspecified atom stereocenters. The zero-order valence-corrected chi connectivity index (χ0v) is 18.9. The molecular weight excluding hydrogens is 388 g/mol. The zero-order valence-electron chi connectivity index (χ0n) is 18.9. The van der Waals surface area contributed by atoms with Gasteiger partial charge in [0, 0.05) is 48.9 Å². The van der Waals surface area contributed by atoms with Crippen LogP contribution in [-0.4, -0.2) is 43.0 Å². The van der Waals surface area contributed by atoms with E-state index in [9.17, 15) is 4.79 Å². The normalized spacial score (nSPS) is 17.0. The maximum atomic E-state index is 12.1. The Morgan fingerprint density at radius 3 is 2.90 bits per heavy atom. The third-order valence-electron chi connectivity index (χ3n) is 6.05. The summed E-state index contributed by atoms with van der Waals surface area (Å²) in [7, 11) is 0. The minimum absolute atomic E-state index is 0.0760. The van der Waals surface area contributed by atoms with E-state index in [1.807, 2.05) is 43.7 Å². The summed E-state index contributed by atoms with van der Waals surface area (Å²) in [6, 6.07) is 6.70. The van der Waals surface area contributed by atoms with Crippen molar-refractivity contribution in [1.82, 2.24) is 29.8 Å². The summed E-state index contributed by atoms with van der Waals surface area (Å²) in [4.78, 5) is 23.7. The molecule has 7 heteroatoms. The molecule has 1 aliphatic heterocycles. The lowest BCUT2D eigenvalue weighted by Gasteiger charge is -2.22. The van der Waals surface area contributed by atoms with Crippen LogP contribution in [0, 0.1) is 13.8 Å². The molecule has 0 saturated carbocycles. The lowest BCUT2D eigenvalue weighted by Crippen LogP contribution is -2.30. The standard InChI is InChI=1S/C24H32N6O/c1-16(2)26-24(31)10-9-20-17(3)27-23-13-21(28-30(23)18(20)4)22-8-6-12-29(22)15-19-7-5-11-25-14-19/h5,7,11,13-14,16,22H,6,8-10,12,15H2,1-4H3,(H,26,31)/t22-/m1/s1. The monoisotopic (exact) mass is 420 g/mol. The number of nitrogens with zero attached hydrogens (tertiary/aromatic N) is 5. The first-order chi connectivity index (χ1) is 14.9. The van der Waals surface area contributed by atoms with Gasteiger partial charge in [-0.2, -0.15) is 5.10 Å². The molecule has 1 saturated heterocycles. The summed E-state index contributed by atoms with van der Waals surface area (Å²) in [6.45, 7) is 10.0. The Morgan fingerprint density at radius 2 is 2.16 bits per heavy atom. The Kier molecular flexibility index (Phi) is 6.32. The van der Waals surface area contributed by atoms with Gasteiger partial charge in [-0.3, -0.25) is 14.7 Å². The van der Waals surface area contributed by atoms with Gasteiger partial charge in [0.05, 0.1) is 11.7 Å². The SMILES string of the molecule is Cc1nc2cc([C@H]3CCCN3Cc3cccnc3)nn2c(C)c1CCC(=O)NC(C)C. The summed E-state index contributed by atoms with van der Waals surface area (Å²) in [5.41, 5.74) is 6.35. The Hall–Kier alpha value is -2.80. The molecule has 31 heavy (non-hydrogen) atoms. The third kappa shape index (κ3) is 4.77. The predicted molar refractivity (Wildman–Crippen MR) is 121 cm³/mol. The van der Waals surface area contributed by atoms with E-state index in [-0.39, 0.29) is 11.9 Å². The van der Waals surface area contributed by atoms with E-state index in [0.29, 0.717) is 18.9 Å². The van der Waals surface area contributed by atoms with Crippen molar-refractivity contribution in [2.45, 2.75) is 72.0 Å². The fourth-order valence-corrected chi connectivity index (χ4v) is 4.58. The number of aryl methyl sites for hydroxylation is 2. The zero-order chi connectivity index (χ0) is 22.0. The molecule has 1 amide bonds. The molecule has 1 aliphatic rings. The van der Waals surface area contributed by atoms with E-state index in [2.05, 4.69) is 34.3 Å². The topological polar surface area (TPSA) is 75.4 Å². The summed E-state index contributed by atoms with van der Waals surface area (Å²) in [6.07, 6.45) is 7.15. The number of amides is 1. The molecule has 4 heterocycles. The highest BCUT2D eigenvalue weighted by atomic mass is 16.1. The molecule has 4 rings (SSSR count). The highest BCUT2D eigenvalue weighted by Gasteiger charge is 2.29. The van der Waals surface area contributed by atoms with Crippen molar-refractivity contribution in [3.8, 4) is 0 Å². The fraction of sp³-hybridized carbons (Fsp3) is 0.500. The van der Waals surface area contributed by atoms with Crippen molar-refractivity contribution in [3.63, 3.8) is 0 Å². The van der Waals surface area contributed by atoms with Crippen molar-refractivity contribution in [1.29, 1.82) is 0 Å². The van der Waals surface area contributed by atoms with Crippen molar-refractivity contribution in [2.24, 2.45) is 0 Å². The van der Waals surface area contributed by atoms with Gasteiger partial charge in [-0.1, -0.05) is 6.07 Å². The number of nitrogens with one attached hydrogen (secondary N) is 1. The highest BCUT2D eigenvalue weighted by Crippen LogP contribution is 2.33. The number of fused-ring (bicyclic) bond motifs is 1. The Bertz CT molecular complexity index is 1060. The first-order valence-electron chi connectivity index (χ1n) is 11.2. The number of hydrogen-bond acceptors (Lipinski definition) is 5. The van der Waals surface area contributed by atoms with Crippen LogP contribution in [0.5, 0.6) is 0 Å². The Morgan fingerprint density at radius 1 is 1.32 bits per heavy atom. The summed E-state index contributed by atoms with van der Waals surface area (Å²) < 4.78 is 1.96. The van der Waals surface area contributed by atoms with Crippen LogP contribution in [0.4, 0.5) is 0 Å². The Labute approximate surface area is 183 Å². The van der Waals surface area contributed by atoms with E-state index in [1.54, 1.807) is 0 Å². The van der Waals surface area contributed by atoms with Gasteiger partial charge >= 0.3 is 0 Å². The fourth-order valence-electron chi connectivity index (χ4n) is 4.58. The van der Waals surface area contributed by atoms with Gasteiger partial charge in [-0.05, 0) is 70.7 Å². The van der Waals surface area contributed by atoms with Crippen molar-refractivity contribution < 1.29 is 4.79 Å². The average molecular weight is 421 g/mol. The van der Waals surface area contributed by atoms with E-state index in [0.717, 1.165) is 47.8 Å². The molecule has 164 valence electrons. The molecular formula is C24H32N6O. The number of pyridine rings is 1. The lowest BCUT2D eigenvalue weighted by molar-refractivity contribution is -0.121. The molecule has 0 radical (unpaired) electrons. The summed E-state index contributed by atoms with van der Waals surface area (Å²) >= 11 is 0. The molecule has 1 N–H and O–H groups in total. The minimum Gasteiger partial charge on any atom is -0.354 e. The van der Waals surface area contributed by atoms with Gasteiger partial charge in [0.25, 0.3) is 0 Å². The van der Waals surface area contributed by atoms with E-state index in [1.165, 1.54) is 12.0 Å². The minimum atomic E-state index is 0.0760. The summed E-state index contributed by atoms with van der Waals surface area (Å²) in [5, 5.41) is 7.92. The number of likely N-dealkylation sites (tertiary alicyclic amines) is 1. The second kappa shape index (κ2) is 9.14. The lowest BCUT2D eigenvalue weighted by atomic mass is 10.1. The van der Waals surface area contributed by atoms with Crippen LogP contribution in [0.25, 0.3) is 5.65 Å². The molecule has 1 fully saturated rings. The Balaban J connectivity index is 1.56. The molecule has 0 aromatic carbocycles. The number of rotatable bonds is 7. The molecule has 1 atom stereocenters. The molecule has 7 nitrogen and oxygen atoms in total. The van der Waals surface area contributed by atoms with Crippen LogP contribution >= 0.6 is 0 Å². The predicted octanol–water partition coefficient (Wildman–Crippen LogP) is 3.54. The van der Waals surface area contributed by atoms with Gasteiger partial charge in [0.2, 0.25) is 5.91 Å². The van der Waals surface area contributed by atoms with Crippen LogP contribution < -0.4 is 5.32 Å². The molecule has 0 aliphatic carbocycles. The van der Waals surface area contributed by atoms with Gasteiger partial charge < -0.3 is 5.32 Å². The second-order valence-electron chi connectivity index (χ2n) is 8.81. The first-order valence-corrected chi connectivity index (χ1v) is 11.2. The van der Waals surface area contributed by atoms with Crippen LogP contribution in [0.15, 0.2) is 30.6 Å². The number of carbonyl (C=O) groups excluding carboxylic acids is 1. The molecule has 0 bridgehead atoms. The van der Waals surface area contributed by atoms with Crippen LogP contribution in [0.2, 0.25) is 0 Å². The van der Waals surface area contributed by atoms with Crippen LogP contribution in [0.3, 0.4) is 0 Å². The van der Waals surface area contributed by atoms with Crippen LogP contribution in [0.1, 0.15) is 67.4 Å². The molecule has 0 spiro atoms. The maximum absolute atomic E-state index is 12.1. The molecule has 3 aromatic heterocycles. The van der Waals surface area contributed by atoms with Gasteiger partial charge in [-0.15, -0.1) is 0 Å².